The van der Waals surface area contributed by atoms with Crippen LogP contribution in [0.3, 0.4) is 0 Å². The van der Waals surface area contributed by atoms with Crippen LogP contribution in [0.25, 0.3) is 0 Å². The molecule has 0 saturated carbocycles. The average Bonchev–Trinajstić information content (AvgIpc) is 3.05. The lowest BCUT2D eigenvalue weighted by atomic mass is 10.1. The second kappa shape index (κ2) is 9.65. The summed E-state index contributed by atoms with van der Waals surface area (Å²) in [5, 5.41) is 0. The fraction of sp³-hybridized carbons (Fsp3) is 0.308. The molecule has 3 rings (SSSR count). The van der Waals surface area contributed by atoms with Gasteiger partial charge in [-0.05, 0) is 69.5 Å². The van der Waals surface area contributed by atoms with Gasteiger partial charge < -0.3 is 14.0 Å². The zero-order valence-electron chi connectivity index (χ0n) is 18.8. The van der Waals surface area contributed by atoms with Gasteiger partial charge in [0.2, 0.25) is 5.78 Å². The normalized spacial score (nSPS) is 10.7. The molecule has 0 spiro atoms. The van der Waals surface area contributed by atoms with E-state index in [2.05, 4.69) is 4.57 Å². The van der Waals surface area contributed by atoms with Crippen molar-refractivity contribution in [2.45, 2.75) is 40.7 Å². The Hall–Kier alpha value is -3.34. The van der Waals surface area contributed by atoms with E-state index in [0.29, 0.717) is 11.1 Å². The van der Waals surface area contributed by atoms with Gasteiger partial charge in [0.15, 0.2) is 6.61 Å². The van der Waals surface area contributed by atoms with Gasteiger partial charge >= 0.3 is 5.97 Å². The van der Waals surface area contributed by atoms with Crippen LogP contribution in [0.1, 0.15) is 48.8 Å². The van der Waals surface area contributed by atoms with Gasteiger partial charge in [0.1, 0.15) is 5.75 Å². The zero-order valence-corrected chi connectivity index (χ0v) is 18.8. The highest BCUT2D eigenvalue weighted by molar-refractivity contribution is 6.00. The predicted octanol–water partition coefficient (Wildman–Crippen LogP) is 5.01. The number of nitrogens with zero attached hydrogens (tertiary/aromatic N) is 1. The van der Waals surface area contributed by atoms with Crippen LogP contribution in [0.2, 0.25) is 0 Å². The molecule has 1 aromatic heterocycles. The first-order valence-electron chi connectivity index (χ1n) is 10.4. The molecule has 0 N–H and O–H groups in total. The van der Waals surface area contributed by atoms with Crippen LogP contribution >= 0.6 is 0 Å². The number of benzene rings is 2. The first-order valence-corrected chi connectivity index (χ1v) is 10.4. The molecule has 0 amide bonds. The summed E-state index contributed by atoms with van der Waals surface area (Å²) in [6.45, 7) is 8.19. The van der Waals surface area contributed by atoms with Crippen LogP contribution in [-0.4, -0.2) is 30.0 Å². The topological polar surface area (TPSA) is 57.5 Å². The summed E-state index contributed by atoms with van der Waals surface area (Å²) in [4.78, 5) is 25.2. The number of aryl methyl sites for hydroxylation is 4. The number of rotatable bonds is 8. The molecular weight excluding hydrogens is 390 g/mol. The monoisotopic (exact) mass is 419 g/mol. The van der Waals surface area contributed by atoms with E-state index in [1.807, 2.05) is 70.2 Å². The third-order valence-corrected chi connectivity index (χ3v) is 5.60. The van der Waals surface area contributed by atoms with Crippen LogP contribution in [0, 0.1) is 27.7 Å². The summed E-state index contributed by atoms with van der Waals surface area (Å²) in [7, 11) is 1.65. The number of carbonyl (C=O) groups excluding carboxylic acids is 2. The lowest BCUT2D eigenvalue weighted by molar-refractivity contribution is 0.0473. The number of ether oxygens (including phenoxy) is 2. The van der Waals surface area contributed by atoms with Crippen molar-refractivity contribution >= 4 is 11.8 Å². The molecule has 31 heavy (non-hydrogen) atoms. The van der Waals surface area contributed by atoms with Crippen molar-refractivity contribution in [3.8, 4) is 5.75 Å². The van der Waals surface area contributed by atoms with E-state index in [-0.39, 0.29) is 12.4 Å². The van der Waals surface area contributed by atoms with Crippen molar-refractivity contribution in [2.75, 3.05) is 13.7 Å². The van der Waals surface area contributed by atoms with E-state index >= 15 is 0 Å². The minimum absolute atomic E-state index is 0.192. The Morgan fingerprint density at radius 2 is 1.61 bits per heavy atom. The highest BCUT2D eigenvalue weighted by atomic mass is 16.5. The number of aromatic nitrogens is 1. The van der Waals surface area contributed by atoms with Crippen LogP contribution < -0.4 is 4.74 Å². The van der Waals surface area contributed by atoms with Crippen molar-refractivity contribution < 1.29 is 19.1 Å². The SMILES string of the molecule is COc1ccc(CCn2c(C)cc(C(=O)COC(=O)c3cc(C)ccc3C)c2C)cc1. The third-order valence-electron chi connectivity index (χ3n) is 5.60. The molecule has 0 atom stereocenters. The Kier molecular flexibility index (Phi) is 6.95. The van der Waals surface area contributed by atoms with E-state index in [9.17, 15) is 9.59 Å². The van der Waals surface area contributed by atoms with Gasteiger partial charge in [-0.25, -0.2) is 4.79 Å². The maximum atomic E-state index is 12.8. The third kappa shape index (κ3) is 5.23. The molecule has 0 aliphatic heterocycles. The maximum absolute atomic E-state index is 12.8. The number of esters is 1. The van der Waals surface area contributed by atoms with E-state index in [1.54, 1.807) is 13.2 Å². The van der Waals surface area contributed by atoms with Gasteiger partial charge in [0.25, 0.3) is 0 Å². The summed E-state index contributed by atoms with van der Waals surface area (Å²) in [6, 6.07) is 15.5. The van der Waals surface area contributed by atoms with Crippen LogP contribution in [0.15, 0.2) is 48.5 Å². The van der Waals surface area contributed by atoms with Gasteiger partial charge in [0.05, 0.1) is 12.7 Å². The first kappa shape index (κ1) is 22.3. The fourth-order valence-corrected chi connectivity index (χ4v) is 3.70. The largest absolute Gasteiger partial charge is 0.497 e. The van der Waals surface area contributed by atoms with Crippen molar-refractivity contribution in [3.63, 3.8) is 0 Å². The van der Waals surface area contributed by atoms with E-state index in [4.69, 9.17) is 9.47 Å². The predicted molar refractivity (Wildman–Crippen MR) is 121 cm³/mol. The molecule has 0 unspecified atom stereocenters. The zero-order chi connectivity index (χ0) is 22.5. The molecule has 0 fully saturated rings. The summed E-state index contributed by atoms with van der Waals surface area (Å²) < 4.78 is 12.7. The summed E-state index contributed by atoms with van der Waals surface area (Å²) in [5.74, 6) is 0.172. The molecule has 0 bridgehead atoms. The van der Waals surface area contributed by atoms with Crippen LogP contribution in [0.4, 0.5) is 0 Å². The highest BCUT2D eigenvalue weighted by Crippen LogP contribution is 2.19. The molecule has 162 valence electrons. The Labute approximate surface area is 183 Å². The Balaban J connectivity index is 1.65. The molecule has 5 heteroatoms. The van der Waals surface area contributed by atoms with E-state index in [1.165, 1.54) is 5.56 Å². The average molecular weight is 420 g/mol. The standard InChI is InChI=1S/C26H29NO4/c1-17-6-7-18(2)23(14-17)26(29)31-16-25(28)24-15-19(3)27(20(24)4)13-12-21-8-10-22(30-5)11-9-21/h6-11,14-15H,12-13,16H2,1-5H3. The maximum Gasteiger partial charge on any atom is 0.338 e. The Bertz CT molecular complexity index is 1090. The number of hydrogen-bond acceptors (Lipinski definition) is 4. The van der Waals surface area contributed by atoms with Crippen LogP contribution in [0.5, 0.6) is 5.75 Å². The number of Topliss-reactive ketones (excluding diaryl/α,β-unsaturated/α-hetero) is 1. The van der Waals surface area contributed by atoms with Gasteiger partial charge in [-0.15, -0.1) is 0 Å². The molecule has 0 saturated heterocycles. The molecule has 0 aliphatic carbocycles. The lowest BCUT2D eigenvalue weighted by Gasteiger charge is -2.11. The molecular formula is C26H29NO4. The lowest BCUT2D eigenvalue weighted by Crippen LogP contribution is -2.16. The van der Waals surface area contributed by atoms with Gasteiger partial charge in [-0.2, -0.15) is 0 Å². The quantitative estimate of drug-likeness (QED) is 0.380. The molecule has 2 aromatic carbocycles. The van der Waals surface area contributed by atoms with Gasteiger partial charge in [-0.1, -0.05) is 29.8 Å². The van der Waals surface area contributed by atoms with E-state index in [0.717, 1.165) is 41.2 Å². The number of hydrogen-bond donors (Lipinski definition) is 0. The number of ketones is 1. The fourth-order valence-electron chi connectivity index (χ4n) is 3.70. The summed E-state index contributed by atoms with van der Waals surface area (Å²) >= 11 is 0. The molecule has 5 nitrogen and oxygen atoms in total. The van der Waals surface area contributed by atoms with Crippen molar-refractivity contribution in [1.82, 2.24) is 4.57 Å². The molecule has 0 radical (unpaired) electrons. The van der Waals surface area contributed by atoms with Crippen molar-refractivity contribution in [3.05, 3.63) is 87.7 Å². The smallest absolute Gasteiger partial charge is 0.338 e. The molecule has 0 aliphatic rings. The first-order chi connectivity index (χ1) is 14.8. The molecule has 3 aromatic rings. The number of carbonyl (C=O) groups is 2. The van der Waals surface area contributed by atoms with Gasteiger partial charge in [-0.3, -0.25) is 4.79 Å². The van der Waals surface area contributed by atoms with E-state index < -0.39 is 5.97 Å². The molecule has 1 heterocycles. The summed E-state index contributed by atoms with van der Waals surface area (Å²) in [6.07, 6.45) is 0.843. The highest BCUT2D eigenvalue weighted by Gasteiger charge is 2.18. The second-order valence-corrected chi connectivity index (χ2v) is 7.85. The summed E-state index contributed by atoms with van der Waals surface area (Å²) in [5.41, 5.74) is 6.00. The van der Waals surface area contributed by atoms with Crippen LogP contribution in [-0.2, 0) is 17.7 Å². The Morgan fingerprint density at radius 1 is 0.903 bits per heavy atom. The van der Waals surface area contributed by atoms with Crippen molar-refractivity contribution in [2.24, 2.45) is 0 Å². The number of methoxy groups -OCH3 is 1. The van der Waals surface area contributed by atoms with Gasteiger partial charge in [0, 0.05) is 23.5 Å². The van der Waals surface area contributed by atoms with Crippen molar-refractivity contribution in [1.29, 1.82) is 0 Å². The second-order valence-electron chi connectivity index (χ2n) is 7.85. The minimum Gasteiger partial charge on any atom is -0.497 e. The minimum atomic E-state index is -0.470. The Morgan fingerprint density at radius 3 is 2.29 bits per heavy atom.